The van der Waals surface area contributed by atoms with E-state index in [1.54, 1.807) is 31.2 Å². The van der Waals surface area contributed by atoms with Crippen LogP contribution in [0.3, 0.4) is 0 Å². The van der Waals surface area contributed by atoms with Gasteiger partial charge in [-0.1, -0.05) is 17.7 Å². The molecule has 6 nitrogen and oxygen atoms in total. The van der Waals surface area contributed by atoms with Gasteiger partial charge < -0.3 is 15.0 Å². The van der Waals surface area contributed by atoms with Crippen molar-refractivity contribution in [2.24, 2.45) is 0 Å². The molecule has 0 spiro atoms. The van der Waals surface area contributed by atoms with Crippen molar-refractivity contribution < 1.29 is 19.1 Å². The summed E-state index contributed by atoms with van der Waals surface area (Å²) in [5, 5.41) is 2.88. The molecule has 0 heterocycles. The molecule has 0 aromatic heterocycles. The zero-order valence-electron chi connectivity index (χ0n) is 16.7. The Morgan fingerprint density at radius 2 is 1.71 bits per heavy atom. The summed E-state index contributed by atoms with van der Waals surface area (Å²) in [6.07, 6.45) is 0.159. The van der Waals surface area contributed by atoms with Gasteiger partial charge in [-0.15, -0.1) is 0 Å². The van der Waals surface area contributed by atoms with E-state index in [2.05, 4.69) is 5.32 Å². The number of carbonyl (C=O) groups is 3. The van der Waals surface area contributed by atoms with Crippen LogP contribution < -0.4 is 10.2 Å². The van der Waals surface area contributed by atoms with Crippen molar-refractivity contribution in [3.63, 3.8) is 0 Å². The first-order valence-electron chi connectivity index (χ1n) is 9.24. The molecule has 28 heavy (non-hydrogen) atoms. The maximum absolute atomic E-state index is 12.3. The van der Waals surface area contributed by atoms with Crippen LogP contribution in [0.5, 0.6) is 0 Å². The highest BCUT2D eigenvalue weighted by Gasteiger charge is 2.15. The highest BCUT2D eigenvalue weighted by molar-refractivity contribution is 5.96. The Hall–Kier alpha value is -3.15. The van der Waals surface area contributed by atoms with Gasteiger partial charge in [0.15, 0.2) is 0 Å². The summed E-state index contributed by atoms with van der Waals surface area (Å²) >= 11 is 0. The van der Waals surface area contributed by atoms with E-state index < -0.39 is 5.97 Å². The molecule has 0 saturated heterocycles. The summed E-state index contributed by atoms with van der Waals surface area (Å²) < 4.78 is 4.96. The highest BCUT2D eigenvalue weighted by Crippen LogP contribution is 2.18. The summed E-state index contributed by atoms with van der Waals surface area (Å²) in [6, 6.07) is 12.4. The maximum Gasteiger partial charge on any atom is 0.338 e. The maximum atomic E-state index is 12.3. The molecular weight excluding hydrogens is 356 g/mol. The molecule has 0 aliphatic carbocycles. The van der Waals surface area contributed by atoms with Crippen LogP contribution in [0.1, 0.15) is 41.8 Å². The average molecular weight is 382 g/mol. The SMILES string of the molecule is CCOC(=O)c1ccc(N(CCC(=O)Nc2ccc(C)cc2C)C(C)=O)cc1. The number of nitrogens with one attached hydrogen (secondary N) is 1. The molecule has 0 unspecified atom stereocenters. The molecule has 0 saturated carbocycles. The Morgan fingerprint density at radius 3 is 2.29 bits per heavy atom. The lowest BCUT2D eigenvalue weighted by atomic mass is 10.1. The first kappa shape index (κ1) is 21.2. The van der Waals surface area contributed by atoms with E-state index in [0.717, 1.165) is 16.8 Å². The van der Waals surface area contributed by atoms with Gasteiger partial charge in [0.25, 0.3) is 0 Å². The van der Waals surface area contributed by atoms with Crippen LogP contribution >= 0.6 is 0 Å². The van der Waals surface area contributed by atoms with E-state index in [1.807, 2.05) is 32.0 Å². The second-order valence-corrected chi connectivity index (χ2v) is 6.55. The van der Waals surface area contributed by atoms with Gasteiger partial charge >= 0.3 is 5.97 Å². The van der Waals surface area contributed by atoms with Gasteiger partial charge in [-0.05, 0) is 56.7 Å². The molecule has 0 aliphatic rings. The third kappa shape index (κ3) is 5.67. The molecule has 2 rings (SSSR count). The van der Waals surface area contributed by atoms with Crippen molar-refractivity contribution in [3.05, 3.63) is 59.2 Å². The quantitative estimate of drug-likeness (QED) is 0.738. The summed E-state index contributed by atoms with van der Waals surface area (Å²) in [5.74, 6) is -0.749. The predicted molar refractivity (Wildman–Crippen MR) is 110 cm³/mol. The monoisotopic (exact) mass is 382 g/mol. The molecule has 2 aromatic rings. The Labute approximate surface area is 165 Å². The molecule has 6 heteroatoms. The molecule has 0 radical (unpaired) electrons. The van der Waals surface area contributed by atoms with E-state index in [-0.39, 0.29) is 24.8 Å². The molecule has 2 amide bonds. The minimum atomic E-state index is -0.406. The van der Waals surface area contributed by atoms with Gasteiger partial charge in [0, 0.05) is 31.3 Å². The van der Waals surface area contributed by atoms with Crippen molar-refractivity contribution in [2.75, 3.05) is 23.4 Å². The Bertz CT molecular complexity index is 859. The summed E-state index contributed by atoms with van der Waals surface area (Å²) in [4.78, 5) is 37.6. The molecule has 2 aromatic carbocycles. The number of benzene rings is 2. The van der Waals surface area contributed by atoms with Gasteiger partial charge in [0.2, 0.25) is 11.8 Å². The third-order valence-corrected chi connectivity index (χ3v) is 4.29. The van der Waals surface area contributed by atoms with Gasteiger partial charge in [-0.25, -0.2) is 4.79 Å². The topological polar surface area (TPSA) is 75.7 Å². The van der Waals surface area contributed by atoms with E-state index in [0.29, 0.717) is 17.9 Å². The van der Waals surface area contributed by atoms with Crippen LogP contribution in [0.4, 0.5) is 11.4 Å². The number of amides is 2. The molecule has 1 N–H and O–H groups in total. The lowest BCUT2D eigenvalue weighted by Crippen LogP contribution is -2.32. The second kappa shape index (κ2) is 9.69. The average Bonchev–Trinajstić information content (AvgIpc) is 2.64. The zero-order valence-corrected chi connectivity index (χ0v) is 16.7. The number of ether oxygens (including phenoxy) is 1. The summed E-state index contributed by atoms with van der Waals surface area (Å²) in [6.45, 7) is 7.67. The number of rotatable bonds is 7. The normalized spacial score (nSPS) is 10.3. The number of carbonyl (C=O) groups excluding carboxylic acids is 3. The standard InChI is InChI=1S/C22H26N2O4/c1-5-28-22(27)18-7-9-19(10-8-18)24(17(4)25)13-12-21(26)23-20-11-6-15(2)14-16(20)3/h6-11,14H,5,12-13H2,1-4H3,(H,23,26). The molecule has 0 aliphatic heterocycles. The summed E-state index contributed by atoms with van der Waals surface area (Å²) in [5.41, 5.74) is 3.93. The van der Waals surface area contributed by atoms with E-state index in [1.165, 1.54) is 11.8 Å². The van der Waals surface area contributed by atoms with Crippen molar-refractivity contribution in [1.29, 1.82) is 0 Å². The lowest BCUT2D eigenvalue weighted by molar-refractivity contribution is -0.117. The lowest BCUT2D eigenvalue weighted by Gasteiger charge is -2.21. The van der Waals surface area contributed by atoms with E-state index in [4.69, 9.17) is 4.74 Å². The number of nitrogens with zero attached hydrogens (tertiary/aromatic N) is 1. The second-order valence-electron chi connectivity index (χ2n) is 6.55. The van der Waals surface area contributed by atoms with Gasteiger partial charge in [-0.3, -0.25) is 9.59 Å². The van der Waals surface area contributed by atoms with Crippen LogP contribution in [-0.4, -0.2) is 30.9 Å². The number of esters is 1. The predicted octanol–water partition coefficient (Wildman–Crippen LogP) is 3.86. The fraction of sp³-hybridized carbons (Fsp3) is 0.318. The molecule has 0 fully saturated rings. The first-order valence-corrected chi connectivity index (χ1v) is 9.24. The smallest absolute Gasteiger partial charge is 0.338 e. The Kier molecular flexibility index (Phi) is 7.32. The number of aryl methyl sites for hydroxylation is 2. The van der Waals surface area contributed by atoms with Crippen LogP contribution in [0.25, 0.3) is 0 Å². The van der Waals surface area contributed by atoms with Gasteiger partial charge in [0.1, 0.15) is 0 Å². The zero-order chi connectivity index (χ0) is 20.7. The van der Waals surface area contributed by atoms with Crippen LogP contribution in [-0.2, 0) is 14.3 Å². The molecule has 0 atom stereocenters. The fourth-order valence-corrected chi connectivity index (χ4v) is 2.84. The summed E-state index contributed by atoms with van der Waals surface area (Å²) in [7, 11) is 0. The number of hydrogen-bond donors (Lipinski definition) is 1. The van der Waals surface area contributed by atoms with E-state index in [9.17, 15) is 14.4 Å². The number of hydrogen-bond acceptors (Lipinski definition) is 4. The minimum Gasteiger partial charge on any atom is -0.462 e. The largest absolute Gasteiger partial charge is 0.462 e. The van der Waals surface area contributed by atoms with Crippen molar-refractivity contribution in [1.82, 2.24) is 0 Å². The van der Waals surface area contributed by atoms with E-state index >= 15 is 0 Å². The Balaban J connectivity index is 2.01. The van der Waals surface area contributed by atoms with Gasteiger partial charge in [-0.2, -0.15) is 0 Å². The van der Waals surface area contributed by atoms with Gasteiger partial charge in [0.05, 0.1) is 12.2 Å². The van der Waals surface area contributed by atoms with Crippen LogP contribution in [0.15, 0.2) is 42.5 Å². The van der Waals surface area contributed by atoms with Crippen molar-refractivity contribution in [3.8, 4) is 0 Å². The first-order chi connectivity index (χ1) is 13.3. The molecular formula is C22H26N2O4. The molecule has 148 valence electrons. The Morgan fingerprint density at radius 1 is 1.04 bits per heavy atom. The fourth-order valence-electron chi connectivity index (χ4n) is 2.84. The van der Waals surface area contributed by atoms with Crippen LogP contribution in [0.2, 0.25) is 0 Å². The molecule has 0 bridgehead atoms. The van der Waals surface area contributed by atoms with Crippen LogP contribution in [0, 0.1) is 13.8 Å². The van der Waals surface area contributed by atoms with Crippen molar-refractivity contribution >= 4 is 29.2 Å². The number of anilines is 2. The third-order valence-electron chi connectivity index (χ3n) is 4.29. The minimum absolute atomic E-state index is 0.159. The highest BCUT2D eigenvalue weighted by atomic mass is 16.5. The van der Waals surface area contributed by atoms with Crippen molar-refractivity contribution in [2.45, 2.75) is 34.1 Å².